The molecule has 2 aromatic rings. The predicted octanol–water partition coefficient (Wildman–Crippen LogP) is 2.57. The molecule has 116 valence electrons. The molecule has 1 unspecified atom stereocenters. The average Bonchev–Trinajstić information content (AvgIpc) is 3.10. The quantitative estimate of drug-likeness (QED) is 0.937. The Hall–Kier alpha value is -1.99. The van der Waals surface area contributed by atoms with Gasteiger partial charge in [0.05, 0.1) is 18.9 Å². The number of anilines is 1. The van der Waals surface area contributed by atoms with Crippen LogP contribution in [0.5, 0.6) is 5.75 Å². The van der Waals surface area contributed by atoms with Crippen molar-refractivity contribution in [3.63, 3.8) is 0 Å². The first kappa shape index (κ1) is 14.9. The molecule has 0 bridgehead atoms. The van der Waals surface area contributed by atoms with Crippen molar-refractivity contribution < 1.29 is 14.3 Å². The summed E-state index contributed by atoms with van der Waals surface area (Å²) in [6.07, 6.45) is 0.903. The lowest BCUT2D eigenvalue weighted by Crippen LogP contribution is -2.18. The average molecular weight is 319 g/mol. The van der Waals surface area contributed by atoms with Crippen LogP contribution in [0.1, 0.15) is 28.3 Å². The zero-order valence-corrected chi connectivity index (χ0v) is 13.3. The molecule has 1 aliphatic rings. The molecular weight excluding hydrogens is 302 g/mol. The molecule has 0 aromatic carbocycles. The van der Waals surface area contributed by atoms with Gasteiger partial charge in [-0.2, -0.15) is 0 Å². The molecule has 1 atom stereocenters. The van der Waals surface area contributed by atoms with Crippen molar-refractivity contribution in [3.05, 3.63) is 34.6 Å². The molecule has 1 saturated heterocycles. The number of thiazole rings is 1. The van der Waals surface area contributed by atoms with Crippen LogP contribution in [0.3, 0.4) is 0 Å². The highest BCUT2D eigenvalue weighted by Crippen LogP contribution is 2.20. The minimum Gasteiger partial charge on any atom is -0.488 e. The number of hydrogen-bond acceptors (Lipinski definition) is 6. The highest BCUT2D eigenvalue weighted by molar-refractivity contribution is 7.13. The maximum Gasteiger partial charge on any atom is 0.276 e. The van der Waals surface area contributed by atoms with Gasteiger partial charge in [0, 0.05) is 29.6 Å². The molecule has 0 saturated carbocycles. The minimum atomic E-state index is -0.287. The monoisotopic (exact) mass is 319 g/mol. The fourth-order valence-electron chi connectivity index (χ4n) is 2.19. The van der Waals surface area contributed by atoms with E-state index >= 15 is 0 Å². The van der Waals surface area contributed by atoms with Crippen LogP contribution in [-0.2, 0) is 4.74 Å². The highest BCUT2D eigenvalue weighted by Gasteiger charge is 2.19. The predicted molar refractivity (Wildman–Crippen MR) is 83.6 cm³/mol. The summed E-state index contributed by atoms with van der Waals surface area (Å²) in [6.45, 7) is 5.02. The van der Waals surface area contributed by atoms with Crippen molar-refractivity contribution in [3.8, 4) is 5.75 Å². The van der Waals surface area contributed by atoms with Crippen molar-refractivity contribution in [1.82, 2.24) is 9.97 Å². The summed E-state index contributed by atoms with van der Waals surface area (Å²) < 4.78 is 11.1. The van der Waals surface area contributed by atoms with Crippen LogP contribution in [0.25, 0.3) is 0 Å². The zero-order chi connectivity index (χ0) is 15.5. The second kappa shape index (κ2) is 6.41. The molecule has 1 aliphatic heterocycles. The molecule has 3 heterocycles. The van der Waals surface area contributed by atoms with E-state index in [0.29, 0.717) is 29.8 Å². The second-order valence-electron chi connectivity index (χ2n) is 5.18. The summed E-state index contributed by atoms with van der Waals surface area (Å²) in [5, 5.41) is 5.20. The van der Waals surface area contributed by atoms with Crippen molar-refractivity contribution in [2.75, 3.05) is 18.5 Å². The largest absolute Gasteiger partial charge is 0.488 e. The third-order valence-electron chi connectivity index (χ3n) is 3.19. The standard InChI is InChI=1S/C15H17N3O3S/c1-9-5-12(21-11-3-4-20-7-11)6-13(16-9)14(19)18-15-17-10(2)8-22-15/h5-6,8,11H,3-4,7H2,1-2H3,(H,17,18,19). The van der Waals surface area contributed by atoms with Gasteiger partial charge in [-0.05, 0) is 13.8 Å². The molecule has 3 rings (SSSR count). The van der Waals surface area contributed by atoms with Gasteiger partial charge in [-0.25, -0.2) is 9.97 Å². The Labute approximate surface area is 132 Å². The third-order valence-corrected chi connectivity index (χ3v) is 4.07. The van der Waals surface area contributed by atoms with Gasteiger partial charge < -0.3 is 9.47 Å². The van der Waals surface area contributed by atoms with E-state index < -0.39 is 0 Å². The number of nitrogens with one attached hydrogen (secondary N) is 1. The summed E-state index contributed by atoms with van der Waals surface area (Å²) in [7, 11) is 0. The van der Waals surface area contributed by atoms with Crippen LogP contribution in [0, 0.1) is 13.8 Å². The minimum absolute atomic E-state index is 0.0410. The number of pyridine rings is 1. The number of nitrogens with zero attached hydrogens (tertiary/aromatic N) is 2. The molecule has 0 radical (unpaired) electrons. The molecule has 1 N–H and O–H groups in total. The van der Waals surface area contributed by atoms with E-state index in [9.17, 15) is 4.79 Å². The van der Waals surface area contributed by atoms with Crippen LogP contribution in [0.4, 0.5) is 5.13 Å². The lowest BCUT2D eigenvalue weighted by Gasteiger charge is -2.13. The Balaban J connectivity index is 1.74. The molecule has 0 spiro atoms. The SMILES string of the molecule is Cc1cc(OC2CCOC2)cc(C(=O)Nc2nc(C)cs2)n1. The van der Waals surface area contributed by atoms with E-state index in [0.717, 1.165) is 17.8 Å². The van der Waals surface area contributed by atoms with Gasteiger partial charge in [-0.1, -0.05) is 0 Å². The molecule has 1 fully saturated rings. The summed E-state index contributed by atoms with van der Waals surface area (Å²) in [6, 6.07) is 3.48. The van der Waals surface area contributed by atoms with E-state index in [2.05, 4.69) is 15.3 Å². The number of ether oxygens (including phenoxy) is 2. The smallest absolute Gasteiger partial charge is 0.276 e. The van der Waals surface area contributed by atoms with Gasteiger partial charge >= 0.3 is 0 Å². The maximum absolute atomic E-state index is 12.3. The Morgan fingerprint density at radius 2 is 2.23 bits per heavy atom. The Morgan fingerprint density at radius 1 is 1.36 bits per heavy atom. The number of carbonyl (C=O) groups is 1. The number of rotatable bonds is 4. The molecule has 1 amide bonds. The maximum atomic E-state index is 12.3. The Kier molecular flexibility index (Phi) is 4.35. The van der Waals surface area contributed by atoms with Crippen LogP contribution < -0.4 is 10.1 Å². The molecule has 2 aromatic heterocycles. The number of aromatic nitrogens is 2. The highest BCUT2D eigenvalue weighted by atomic mass is 32.1. The van der Waals surface area contributed by atoms with Crippen molar-refractivity contribution >= 4 is 22.4 Å². The van der Waals surface area contributed by atoms with E-state index in [1.807, 2.05) is 25.3 Å². The van der Waals surface area contributed by atoms with Gasteiger partial charge in [0.2, 0.25) is 0 Å². The van der Waals surface area contributed by atoms with Gasteiger partial charge in [0.1, 0.15) is 17.5 Å². The fraction of sp³-hybridized carbons (Fsp3) is 0.400. The van der Waals surface area contributed by atoms with E-state index in [4.69, 9.17) is 9.47 Å². The third kappa shape index (κ3) is 3.61. The number of aryl methyl sites for hydroxylation is 2. The Bertz CT molecular complexity index is 680. The molecule has 7 heteroatoms. The van der Waals surface area contributed by atoms with Gasteiger partial charge in [0.15, 0.2) is 5.13 Å². The van der Waals surface area contributed by atoms with Crippen molar-refractivity contribution in [1.29, 1.82) is 0 Å². The van der Waals surface area contributed by atoms with Crippen molar-refractivity contribution in [2.45, 2.75) is 26.4 Å². The molecule has 6 nitrogen and oxygen atoms in total. The summed E-state index contributed by atoms with van der Waals surface area (Å²) in [5.74, 6) is 0.356. The van der Waals surface area contributed by atoms with Gasteiger partial charge in [0.25, 0.3) is 5.91 Å². The second-order valence-corrected chi connectivity index (χ2v) is 6.04. The Morgan fingerprint density at radius 3 is 2.91 bits per heavy atom. The van der Waals surface area contributed by atoms with Gasteiger partial charge in [-0.3, -0.25) is 10.1 Å². The first-order valence-electron chi connectivity index (χ1n) is 7.07. The van der Waals surface area contributed by atoms with E-state index in [1.54, 1.807) is 6.07 Å². The summed E-state index contributed by atoms with van der Waals surface area (Å²) in [4.78, 5) is 20.8. The topological polar surface area (TPSA) is 73.3 Å². The fourth-order valence-corrected chi connectivity index (χ4v) is 2.88. The zero-order valence-electron chi connectivity index (χ0n) is 12.5. The lowest BCUT2D eigenvalue weighted by molar-refractivity contribution is 0.102. The first-order chi connectivity index (χ1) is 10.6. The number of hydrogen-bond donors (Lipinski definition) is 1. The van der Waals surface area contributed by atoms with E-state index in [1.165, 1.54) is 11.3 Å². The van der Waals surface area contributed by atoms with Crippen LogP contribution in [-0.4, -0.2) is 35.2 Å². The van der Waals surface area contributed by atoms with E-state index in [-0.39, 0.29) is 12.0 Å². The van der Waals surface area contributed by atoms with Crippen LogP contribution in [0.2, 0.25) is 0 Å². The van der Waals surface area contributed by atoms with Crippen LogP contribution >= 0.6 is 11.3 Å². The molecular formula is C15H17N3O3S. The van der Waals surface area contributed by atoms with Gasteiger partial charge in [-0.15, -0.1) is 11.3 Å². The summed E-state index contributed by atoms with van der Waals surface area (Å²) >= 11 is 1.39. The lowest BCUT2D eigenvalue weighted by atomic mass is 10.2. The number of amides is 1. The number of carbonyl (C=O) groups excluding carboxylic acids is 1. The normalized spacial score (nSPS) is 17.5. The van der Waals surface area contributed by atoms with Crippen LogP contribution in [0.15, 0.2) is 17.5 Å². The first-order valence-corrected chi connectivity index (χ1v) is 7.95. The molecule has 22 heavy (non-hydrogen) atoms. The molecule has 0 aliphatic carbocycles. The summed E-state index contributed by atoms with van der Waals surface area (Å²) in [5.41, 5.74) is 1.93. The van der Waals surface area contributed by atoms with Crippen molar-refractivity contribution in [2.24, 2.45) is 0 Å².